The second kappa shape index (κ2) is 10.6. The number of hydrogen-bond acceptors (Lipinski definition) is 5. The third-order valence-corrected chi connectivity index (χ3v) is 4.73. The van der Waals surface area contributed by atoms with Crippen molar-refractivity contribution in [1.82, 2.24) is 9.88 Å². The zero-order valence-corrected chi connectivity index (χ0v) is 18.2. The molecule has 0 saturated carbocycles. The van der Waals surface area contributed by atoms with E-state index >= 15 is 0 Å². The number of carbonyl (C=O) groups excluding carboxylic acids is 2. The number of methoxy groups -OCH3 is 1. The molecule has 0 aliphatic rings. The molecule has 0 fully saturated rings. The van der Waals surface area contributed by atoms with Gasteiger partial charge in [-0.15, -0.1) is 0 Å². The molecule has 1 unspecified atom stereocenters. The molecule has 1 aromatic carbocycles. The average molecular weight is 412 g/mol. The Morgan fingerprint density at radius 3 is 2.60 bits per heavy atom. The molecule has 0 saturated heterocycles. The molecular weight excluding hydrogens is 382 g/mol. The number of Topliss-reactive ketones (excluding diaryl/α,β-unsaturated/α-hetero) is 1. The monoisotopic (exact) mass is 411 g/mol. The molecule has 1 amide bonds. The molecule has 2 rings (SSSR count). The number of hydrogen-bond donors (Lipinski definition) is 1. The molecule has 1 heterocycles. The maximum absolute atomic E-state index is 13.0. The zero-order valence-electron chi connectivity index (χ0n) is 18.2. The summed E-state index contributed by atoms with van der Waals surface area (Å²) in [5, 5.41) is 12.1. The van der Waals surface area contributed by atoms with E-state index in [1.165, 1.54) is 0 Å². The molecule has 0 aliphatic heterocycles. The molecule has 30 heavy (non-hydrogen) atoms. The second-order valence-corrected chi connectivity index (χ2v) is 7.31. The van der Waals surface area contributed by atoms with Gasteiger partial charge in [0.05, 0.1) is 19.3 Å². The number of nitrogens with zero attached hydrogens (tertiary/aromatic N) is 2. The first kappa shape index (κ1) is 23.2. The van der Waals surface area contributed by atoms with Crippen LogP contribution in [-0.4, -0.2) is 42.6 Å². The van der Waals surface area contributed by atoms with E-state index < -0.39 is 17.6 Å². The molecule has 0 spiro atoms. The first-order valence-electron chi connectivity index (χ1n) is 9.96. The van der Waals surface area contributed by atoms with Gasteiger partial charge in [0.25, 0.3) is 0 Å². The summed E-state index contributed by atoms with van der Waals surface area (Å²) in [7, 11) is 1.59. The van der Waals surface area contributed by atoms with Crippen molar-refractivity contribution < 1.29 is 19.1 Å². The lowest BCUT2D eigenvalue weighted by Gasteiger charge is -2.12. The van der Waals surface area contributed by atoms with Crippen molar-refractivity contribution in [3.05, 3.63) is 47.3 Å². The van der Waals surface area contributed by atoms with E-state index in [0.29, 0.717) is 36.6 Å². The SMILES string of the molecule is COc1cccc(-n2c(C)cc(C(=O)C(C#N)C(=O)NCCCOC(C)C)c2C)c1. The van der Waals surface area contributed by atoms with Crippen molar-refractivity contribution in [2.75, 3.05) is 20.3 Å². The molecule has 7 heteroatoms. The molecule has 160 valence electrons. The first-order chi connectivity index (χ1) is 14.3. The van der Waals surface area contributed by atoms with Crippen molar-refractivity contribution >= 4 is 11.7 Å². The van der Waals surface area contributed by atoms with Crippen LogP contribution in [0.1, 0.15) is 42.0 Å². The van der Waals surface area contributed by atoms with E-state index in [2.05, 4.69) is 5.32 Å². The zero-order chi connectivity index (χ0) is 22.3. The molecular formula is C23H29N3O4. The number of ether oxygens (including phenoxy) is 2. The van der Waals surface area contributed by atoms with Crippen LogP contribution in [0, 0.1) is 31.1 Å². The van der Waals surface area contributed by atoms with Gasteiger partial charge in [-0.2, -0.15) is 5.26 Å². The van der Waals surface area contributed by atoms with Crippen LogP contribution in [0.4, 0.5) is 0 Å². The molecule has 2 aromatic rings. The summed E-state index contributed by atoms with van der Waals surface area (Å²) in [5.41, 5.74) is 2.70. The smallest absolute Gasteiger partial charge is 0.245 e. The van der Waals surface area contributed by atoms with Crippen LogP contribution in [0.15, 0.2) is 30.3 Å². The van der Waals surface area contributed by atoms with Crippen LogP contribution < -0.4 is 10.1 Å². The summed E-state index contributed by atoms with van der Waals surface area (Å²) in [6.45, 7) is 8.40. The lowest BCUT2D eigenvalue weighted by atomic mass is 9.98. The lowest BCUT2D eigenvalue weighted by molar-refractivity contribution is -0.122. The van der Waals surface area contributed by atoms with Crippen molar-refractivity contribution in [2.24, 2.45) is 5.92 Å². The Labute approximate surface area is 177 Å². The van der Waals surface area contributed by atoms with Gasteiger partial charge < -0.3 is 19.4 Å². The number of nitriles is 1. The highest BCUT2D eigenvalue weighted by atomic mass is 16.5. The third-order valence-electron chi connectivity index (χ3n) is 4.73. The van der Waals surface area contributed by atoms with Crippen LogP contribution in [0.25, 0.3) is 5.69 Å². The number of aromatic nitrogens is 1. The highest BCUT2D eigenvalue weighted by Crippen LogP contribution is 2.25. The van der Waals surface area contributed by atoms with E-state index in [0.717, 1.165) is 11.4 Å². The quantitative estimate of drug-likeness (QED) is 0.368. The number of carbonyl (C=O) groups is 2. The standard InChI is InChI=1S/C23H29N3O4/c1-15(2)30-11-7-10-25-23(28)21(14-24)22(27)20-12-16(3)26(17(20)4)18-8-6-9-19(13-18)29-5/h6,8-9,12-13,15,21H,7,10-11H2,1-5H3,(H,25,28). The number of amides is 1. The number of ketones is 1. The highest BCUT2D eigenvalue weighted by Gasteiger charge is 2.30. The Hall–Kier alpha value is -3.11. The summed E-state index contributed by atoms with van der Waals surface area (Å²) < 4.78 is 12.6. The fourth-order valence-electron chi connectivity index (χ4n) is 3.26. The number of nitrogens with one attached hydrogen (secondary N) is 1. The van der Waals surface area contributed by atoms with E-state index in [1.54, 1.807) is 20.1 Å². The molecule has 1 aromatic heterocycles. The van der Waals surface area contributed by atoms with Crippen LogP contribution in [-0.2, 0) is 9.53 Å². The topological polar surface area (TPSA) is 93.4 Å². The van der Waals surface area contributed by atoms with Gasteiger partial charge in [-0.1, -0.05) is 6.07 Å². The van der Waals surface area contributed by atoms with Gasteiger partial charge in [-0.3, -0.25) is 9.59 Å². The minimum Gasteiger partial charge on any atom is -0.497 e. The summed E-state index contributed by atoms with van der Waals surface area (Å²) in [4.78, 5) is 25.4. The van der Waals surface area contributed by atoms with Crippen LogP contribution >= 0.6 is 0 Å². The second-order valence-electron chi connectivity index (χ2n) is 7.31. The molecule has 1 N–H and O–H groups in total. The van der Waals surface area contributed by atoms with Gasteiger partial charge in [-0.25, -0.2) is 0 Å². The minimum absolute atomic E-state index is 0.119. The van der Waals surface area contributed by atoms with Gasteiger partial charge in [0.1, 0.15) is 5.75 Å². The Bertz CT molecular complexity index is 940. The van der Waals surface area contributed by atoms with Gasteiger partial charge in [0.15, 0.2) is 11.7 Å². The third kappa shape index (κ3) is 5.49. The van der Waals surface area contributed by atoms with Gasteiger partial charge >= 0.3 is 0 Å². The average Bonchev–Trinajstić information content (AvgIpc) is 3.02. The van der Waals surface area contributed by atoms with Crippen LogP contribution in [0.5, 0.6) is 5.75 Å². The van der Waals surface area contributed by atoms with Crippen molar-refractivity contribution in [3.8, 4) is 17.5 Å². The van der Waals surface area contributed by atoms with Crippen LogP contribution in [0.2, 0.25) is 0 Å². The van der Waals surface area contributed by atoms with E-state index in [-0.39, 0.29) is 6.10 Å². The molecule has 1 atom stereocenters. The Morgan fingerprint density at radius 2 is 1.97 bits per heavy atom. The molecule has 0 aliphatic carbocycles. The molecule has 0 bridgehead atoms. The van der Waals surface area contributed by atoms with Gasteiger partial charge in [0, 0.05) is 41.9 Å². The van der Waals surface area contributed by atoms with E-state index in [9.17, 15) is 14.9 Å². The summed E-state index contributed by atoms with van der Waals surface area (Å²) in [6.07, 6.45) is 0.731. The van der Waals surface area contributed by atoms with Crippen molar-refractivity contribution in [2.45, 2.75) is 40.2 Å². The predicted molar refractivity (Wildman–Crippen MR) is 114 cm³/mol. The van der Waals surface area contributed by atoms with Crippen molar-refractivity contribution in [1.29, 1.82) is 5.26 Å². The normalized spacial score (nSPS) is 11.8. The Balaban J connectivity index is 2.17. The maximum atomic E-state index is 13.0. The van der Waals surface area contributed by atoms with Gasteiger partial charge in [-0.05, 0) is 52.3 Å². The summed E-state index contributed by atoms with van der Waals surface area (Å²) >= 11 is 0. The highest BCUT2D eigenvalue weighted by molar-refractivity contribution is 6.12. The van der Waals surface area contributed by atoms with Crippen LogP contribution in [0.3, 0.4) is 0 Å². The van der Waals surface area contributed by atoms with E-state index in [4.69, 9.17) is 9.47 Å². The number of benzene rings is 1. The fraction of sp³-hybridized carbons (Fsp3) is 0.435. The summed E-state index contributed by atoms with van der Waals surface area (Å²) in [6, 6.07) is 11.0. The fourth-order valence-corrected chi connectivity index (χ4v) is 3.26. The first-order valence-corrected chi connectivity index (χ1v) is 9.96. The Morgan fingerprint density at radius 1 is 1.23 bits per heavy atom. The van der Waals surface area contributed by atoms with Crippen molar-refractivity contribution in [3.63, 3.8) is 0 Å². The minimum atomic E-state index is -1.39. The molecule has 0 radical (unpaired) electrons. The maximum Gasteiger partial charge on any atom is 0.245 e. The Kier molecular flexibility index (Phi) is 8.19. The summed E-state index contributed by atoms with van der Waals surface area (Å²) in [5.74, 6) is -1.78. The van der Waals surface area contributed by atoms with Gasteiger partial charge in [0.2, 0.25) is 5.91 Å². The van der Waals surface area contributed by atoms with E-state index in [1.807, 2.05) is 55.7 Å². The molecule has 7 nitrogen and oxygen atoms in total. The largest absolute Gasteiger partial charge is 0.497 e. The predicted octanol–water partition coefficient (Wildman–Crippen LogP) is 3.36. The number of rotatable bonds is 10. The lowest BCUT2D eigenvalue weighted by Crippen LogP contribution is -2.35. The number of aryl methyl sites for hydroxylation is 1.